The average molecular weight is 494 g/mol. The molecule has 1 N–H and O–H groups in total. The number of sulfonamides is 1. The zero-order valence-corrected chi connectivity index (χ0v) is 20.9. The van der Waals surface area contributed by atoms with Gasteiger partial charge in [0.25, 0.3) is 0 Å². The summed E-state index contributed by atoms with van der Waals surface area (Å²) in [6, 6.07) is 9.44. The number of ether oxygens (including phenoxy) is 4. The summed E-state index contributed by atoms with van der Waals surface area (Å²) >= 11 is 0. The lowest BCUT2D eigenvalue weighted by molar-refractivity contribution is -0.139. The number of hydrogen-bond acceptors (Lipinski definition) is 8. The standard InChI is InChI=1S/C24H31NO8S/c1-24(2,3)25-34(28,29)20-8-6-7-18(14-20)21-12-17(13-22(27)31-5)11-19(15-26)23(21)33-16-32-10-9-30-4/h6-8,11-12,14-15,25H,9-10,13,16H2,1-5H3. The smallest absolute Gasteiger partial charge is 0.309 e. The van der Waals surface area contributed by atoms with Gasteiger partial charge in [-0.1, -0.05) is 12.1 Å². The number of carbonyl (C=O) groups excluding carboxylic acids is 2. The van der Waals surface area contributed by atoms with Gasteiger partial charge in [0.1, 0.15) is 5.75 Å². The highest BCUT2D eigenvalue weighted by atomic mass is 32.2. The van der Waals surface area contributed by atoms with Crippen molar-refractivity contribution in [3.63, 3.8) is 0 Å². The molecule has 2 rings (SSSR count). The van der Waals surface area contributed by atoms with E-state index >= 15 is 0 Å². The molecule has 186 valence electrons. The van der Waals surface area contributed by atoms with Crippen molar-refractivity contribution >= 4 is 22.3 Å². The molecule has 9 nitrogen and oxygen atoms in total. The van der Waals surface area contributed by atoms with Crippen LogP contribution in [0.2, 0.25) is 0 Å². The van der Waals surface area contributed by atoms with Crippen LogP contribution in [-0.2, 0) is 35.4 Å². The van der Waals surface area contributed by atoms with Crippen LogP contribution in [0.3, 0.4) is 0 Å². The van der Waals surface area contributed by atoms with Crippen molar-refractivity contribution < 1.29 is 37.0 Å². The van der Waals surface area contributed by atoms with Gasteiger partial charge in [-0.3, -0.25) is 9.59 Å². The molecule has 34 heavy (non-hydrogen) atoms. The van der Waals surface area contributed by atoms with Crippen LogP contribution in [0, 0.1) is 0 Å². The predicted octanol–water partition coefficient (Wildman–Crippen LogP) is 2.96. The molecule has 0 saturated carbocycles. The first-order chi connectivity index (χ1) is 16.0. The molecule has 0 atom stereocenters. The van der Waals surface area contributed by atoms with Gasteiger partial charge in [-0.15, -0.1) is 0 Å². The molecule has 0 aliphatic rings. The Morgan fingerprint density at radius 2 is 1.82 bits per heavy atom. The van der Waals surface area contributed by atoms with Gasteiger partial charge in [0.2, 0.25) is 10.0 Å². The number of rotatable bonds is 12. The number of carbonyl (C=O) groups is 2. The maximum Gasteiger partial charge on any atom is 0.309 e. The van der Waals surface area contributed by atoms with Crippen LogP contribution in [0.25, 0.3) is 11.1 Å². The molecule has 0 fully saturated rings. The topological polar surface area (TPSA) is 117 Å². The van der Waals surface area contributed by atoms with Crippen LogP contribution in [0.1, 0.15) is 36.7 Å². The average Bonchev–Trinajstić information content (AvgIpc) is 2.77. The third-order valence-corrected chi connectivity index (χ3v) is 6.25. The van der Waals surface area contributed by atoms with E-state index in [0.29, 0.717) is 29.6 Å². The van der Waals surface area contributed by atoms with Crippen LogP contribution in [0.5, 0.6) is 5.75 Å². The molecule has 0 saturated heterocycles. The maximum atomic E-state index is 12.9. The Morgan fingerprint density at radius 3 is 2.44 bits per heavy atom. The minimum absolute atomic E-state index is 0.0493. The lowest BCUT2D eigenvalue weighted by Crippen LogP contribution is -2.40. The van der Waals surface area contributed by atoms with Crippen LogP contribution in [0.15, 0.2) is 41.3 Å². The zero-order valence-electron chi connectivity index (χ0n) is 20.0. The number of aldehydes is 1. The fourth-order valence-corrected chi connectivity index (χ4v) is 4.58. The summed E-state index contributed by atoms with van der Waals surface area (Å²) < 4.78 is 49.2. The van der Waals surface area contributed by atoms with E-state index in [-0.39, 0.29) is 36.0 Å². The Hall–Kier alpha value is -2.79. The number of methoxy groups -OCH3 is 2. The van der Waals surface area contributed by atoms with E-state index in [1.54, 1.807) is 46.1 Å². The first-order valence-corrected chi connectivity index (χ1v) is 12.0. The normalized spacial score (nSPS) is 11.8. The fraction of sp³-hybridized carbons (Fsp3) is 0.417. The lowest BCUT2D eigenvalue weighted by atomic mass is 9.97. The molecule has 2 aromatic rings. The SMILES string of the molecule is COCCOCOc1c(C=O)cc(CC(=O)OC)cc1-c1cccc(S(=O)(=O)NC(C)(C)C)c1. The van der Waals surface area contributed by atoms with Crippen LogP contribution >= 0.6 is 0 Å². The largest absolute Gasteiger partial charge is 0.469 e. The summed E-state index contributed by atoms with van der Waals surface area (Å²) in [4.78, 5) is 23.8. The van der Waals surface area contributed by atoms with E-state index in [0.717, 1.165) is 0 Å². The molecule has 0 amide bonds. The van der Waals surface area contributed by atoms with Gasteiger partial charge in [0.05, 0.1) is 37.2 Å². The van der Waals surface area contributed by atoms with Gasteiger partial charge in [-0.05, 0) is 56.2 Å². The van der Waals surface area contributed by atoms with Crippen LogP contribution in [0.4, 0.5) is 0 Å². The van der Waals surface area contributed by atoms with E-state index in [1.165, 1.54) is 25.3 Å². The third-order valence-electron chi connectivity index (χ3n) is 4.49. The van der Waals surface area contributed by atoms with Crippen molar-refractivity contribution in [1.29, 1.82) is 0 Å². The molecular weight excluding hydrogens is 462 g/mol. The summed E-state index contributed by atoms with van der Waals surface area (Å²) in [6.45, 7) is 5.74. The highest BCUT2D eigenvalue weighted by Gasteiger charge is 2.23. The monoisotopic (exact) mass is 493 g/mol. The third kappa shape index (κ3) is 7.91. The molecule has 10 heteroatoms. The molecule has 0 spiro atoms. The Kier molecular flexibility index (Phi) is 9.75. The Balaban J connectivity index is 2.56. The van der Waals surface area contributed by atoms with Gasteiger partial charge in [-0.25, -0.2) is 13.1 Å². The summed E-state index contributed by atoms with van der Waals surface area (Å²) in [5.41, 5.74) is 0.948. The van der Waals surface area contributed by atoms with Gasteiger partial charge < -0.3 is 18.9 Å². The van der Waals surface area contributed by atoms with Crippen molar-refractivity contribution in [3.05, 3.63) is 47.5 Å². The van der Waals surface area contributed by atoms with Gasteiger partial charge in [-0.2, -0.15) is 0 Å². The van der Waals surface area contributed by atoms with Crippen LogP contribution < -0.4 is 9.46 Å². The molecule has 0 aliphatic carbocycles. The van der Waals surface area contributed by atoms with Gasteiger partial charge in [0, 0.05) is 18.2 Å². The summed E-state index contributed by atoms with van der Waals surface area (Å²) in [6.07, 6.45) is 0.537. The second kappa shape index (κ2) is 12.1. The van der Waals surface area contributed by atoms with E-state index in [1.807, 2.05) is 0 Å². The highest BCUT2D eigenvalue weighted by Crippen LogP contribution is 2.35. The minimum atomic E-state index is -3.81. The van der Waals surface area contributed by atoms with Crippen molar-refractivity contribution in [2.45, 2.75) is 37.6 Å². The summed E-state index contributed by atoms with van der Waals surface area (Å²) in [5, 5.41) is 0. The maximum absolute atomic E-state index is 12.9. The molecular formula is C24H31NO8S. The number of benzene rings is 2. The molecule has 0 radical (unpaired) electrons. The van der Waals surface area contributed by atoms with Crippen molar-refractivity contribution in [1.82, 2.24) is 4.72 Å². The predicted molar refractivity (Wildman–Crippen MR) is 126 cm³/mol. The quantitative estimate of drug-likeness (QED) is 0.208. The zero-order chi connectivity index (χ0) is 25.4. The van der Waals surface area contributed by atoms with E-state index in [4.69, 9.17) is 18.9 Å². The van der Waals surface area contributed by atoms with Gasteiger partial charge in [0.15, 0.2) is 13.1 Å². The first-order valence-electron chi connectivity index (χ1n) is 10.5. The van der Waals surface area contributed by atoms with Crippen LogP contribution in [-0.4, -0.2) is 60.4 Å². The Morgan fingerprint density at radius 1 is 1.09 bits per heavy atom. The summed E-state index contributed by atoms with van der Waals surface area (Å²) in [7, 11) is -0.993. The van der Waals surface area contributed by atoms with E-state index in [9.17, 15) is 18.0 Å². The second-order valence-electron chi connectivity index (χ2n) is 8.48. The number of esters is 1. The minimum Gasteiger partial charge on any atom is -0.469 e. The summed E-state index contributed by atoms with van der Waals surface area (Å²) in [5.74, 6) is -0.274. The lowest BCUT2D eigenvalue weighted by Gasteiger charge is -2.21. The Labute approximate surface area is 200 Å². The second-order valence-corrected chi connectivity index (χ2v) is 10.2. The molecule has 0 aliphatic heterocycles. The van der Waals surface area contributed by atoms with Gasteiger partial charge >= 0.3 is 5.97 Å². The molecule has 0 aromatic heterocycles. The molecule has 0 bridgehead atoms. The van der Waals surface area contributed by atoms with Crippen molar-refractivity contribution in [3.8, 4) is 16.9 Å². The highest BCUT2D eigenvalue weighted by molar-refractivity contribution is 7.89. The molecule has 0 heterocycles. The van der Waals surface area contributed by atoms with E-state index < -0.39 is 21.5 Å². The molecule has 0 unspecified atom stereocenters. The van der Waals surface area contributed by atoms with Crippen molar-refractivity contribution in [2.24, 2.45) is 0 Å². The number of nitrogens with one attached hydrogen (secondary N) is 1. The molecule has 2 aromatic carbocycles. The van der Waals surface area contributed by atoms with E-state index in [2.05, 4.69) is 4.72 Å². The first kappa shape index (κ1) is 27.5. The Bertz CT molecular complexity index is 1110. The fourth-order valence-electron chi connectivity index (χ4n) is 3.11. The number of hydrogen-bond donors (Lipinski definition) is 1. The van der Waals surface area contributed by atoms with Crippen molar-refractivity contribution in [2.75, 3.05) is 34.2 Å².